The normalized spacial score (nSPS) is 11.1. The Morgan fingerprint density at radius 2 is 1.65 bits per heavy atom. The number of carbonyl (C=O) groups excluding carboxylic acids is 1. The lowest BCUT2D eigenvalue weighted by Gasteiger charge is -2.18. The van der Waals surface area contributed by atoms with Crippen LogP contribution in [0.2, 0.25) is 0 Å². The van der Waals surface area contributed by atoms with E-state index in [-0.39, 0.29) is 17.2 Å². The summed E-state index contributed by atoms with van der Waals surface area (Å²) in [4.78, 5) is 29.0. The van der Waals surface area contributed by atoms with Gasteiger partial charge in [-0.2, -0.15) is 9.78 Å². The average molecular weight is 453 g/mol. The van der Waals surface area contributed by atoms with E-state index >= 15 is 0 Å². The molecule has 0 aliphatic rings. The SMILES string of the molecule is COc1ccc(-n2nc(C(=O)N(C)Cc3ccccc3)c3c4ccccc4n(C)c3c2=O)cc1. The Hall–Kier alpha value is -4.39. The summed E-state index contributed by atoms with van der Waals surface area (Å²) < 4.78 is 8.37. The summed E-state index contributed by atoms with van der Waals surface area (Å²) in [5, 5.41) is 6.00. The summed E-state index contributed by atoms with van der Waals surface area (Å²) in [5.74, 6) is 0.411. The van der Waals surface area contributed by atoms with Gasteiger partial charge in [0.2, 0.25) is 0 Å². The molecule has 0 aliphatic heterocycles. The van der Waals surface area contributed by atoms with Gasteiger partial charge < -0.3 is 14.2 Å². The molecule has 0 atom stereocenters. The zero-order chi connectivity index (χ0) is 23.8. The molecule has 0 aliphatic carbocycles. The van der Waals surface area contributed by atoms with E-state index in [1.54, 1.807) is 43.3 Å². The van der Waals surface area contributed by atoms with E-state index in [0.29, 0.717) is 28.9 Å². The topological polar surface area (TPSA) is 69.4 Å². The second-order valence-corrected chi connectivity index (χ2v) is 8.21. The number of hydrogen-bond donors (Lipinski definition) is 0. The smallest absolute Gasteiger partial charge is 0.296 e. The van der Waals surface area contributed by atoms with Gasteiger partial charge in [-0.15, -0.1) is 0 Å². The van der Waals surface area contributed by atoms with Crippen LogP contribution in [0.4, 0.5) is 0 Å². The quantitative estimate of drug-likeness (QED) is 0.402. The van der Waals surface area contributed by atoms with Crippen LogP contribution in [0, 0.1) is 0 Å². The third kappa shape index (κ3) is 3.51. The van der Waals surface area contributed by atoms with Crippen molar-refractivity contribution in [1.29, 1.82) is 0 Å². The third-order valence-corrected chi connectivity index (χ3v) is 6.07. The number of aromatic nitrogens is 3. The highest BCUT2D eigenvalue weighted by Gasteiger charge is 2.25. The molecule has 2 aromatic heterocycles. The highest BCUT2D eigenvalue weighted by atomic mass is 16.5. The zero-order valence-electron chi connectivity index (χ0n) is 19.2. The maximum absolute atomic E-state index is 13.7. The van der Waals surface area contributed by atoms with Gasteiger partial charge >= 0.3 is 0 Å². The fourth-order valence-corrected chi connectivity index (χ4v) is 4.34. The molecule has 2 heterocycles. The number of hydrogen-bond acceptors (Lipinski definition) is 4. The fourth-order valence-electron chi connectivity index (χ4n) is 4.34. The monoisotopic (exact) mass is 452 g/mol. The summed E-state index contributed by atoms with van der Waals surface area (Å²) in [6.07, 6.45) is 0. The molecular formula is C27H24N4O3. The van der Waals surface area contributed by atoms with E-state index < -0.39 is 0 Å². The van der Waals surface area contributed by atoms with Gasteiger partial charge in [0.05, 0.1) is 12.8 Å². The summed E-state index contributed by atoms with van der Waals surface area (Å²) in [7, 11) is 5.17. The van der Waals surface area contributed by atoms with Crippen molar-refractivity contribution in [3.63, 3.8) is 0 Å². The molecule has 0 saturated carbocycles. The Labute approximate surface area is 196 Å². The lowest BCUT2D eigenvalue weighted by molar-refractivity contribution is 0.0779. The maximum Gasteiger partial charge on any atom is 0.296 e. The molecule has 0 bridgehead atoms. The first-order valence-electron chi connectivity index (χ1n) is 10.9. The molecule has 170 valence electrons. The first-order chi connectivity index (χ1) is 16.5. The minimum absolute atomic E-state index is 0.237. The summed E-state index contributed by atoms with van der Waals surface area (Å²) >= 11 is 0. The second-order valence-electron chi connectivity index (χ2n) is 8.21. The number of rotatable bonds is 5. The van der Waals surface area contributed by atoms with Gasteiger partial charge in [-0.1, -0.05) is 48.5 Å². The second kappa shape index (κ2) is 8.51. The minimum atomic E-state index is -0.291. The molecule has 1 amide bonds. The molecule has 5 aromatic rings. The van der Waals surface area contributed by atoms with E-state index in [0.717, 1.165) is 16.5 Å². The molecule has 34 heavy (non-hydrogen) atoms. The summed E-state index contributed by atoms with van der Waals surface area (Å²) in [6, 6.07) is 24.5. The maximum atomic E-state index is 13.7. The zero-order valence-corrected chi connectivity index (χ0v) is 19.2. The van der Waals surface area contributed by atoms with Crippen molar-refractivity contribution in [1.82, 2.24) is 19.2 Å². The van der Waals surface area contributed by atoms with Crippen LogP contribution in [0.1, 0.15) is 16.1 Å². The highest BCUT2D eigenvalue weighted by Crippen LogP contribution is 2.29. The van der Waals surface area contributed by atoms with Crippen LogP contribution in [-0.2, 0) is 13.6 Å². The molecular weight excluding hydrogens is 428 g/mol. The van der Waals surface area contributed by atoms with Gasteiger partial charge in [-0.05, 0) is 35.9 Å². The van der Waals surface area contributed by atoms with Crippen molar-refractivity contribution in [2.75, 3.05) is 14.2 Å². The molecule has 3 aromatic carbocycles. The number of para-hydroxylation sites is 1. The minimum Gasteiger partial charge on any atom is -0.497 e. The van der Waals surface area contributed by atoms with Crippen molar-refractivity contribution in [2.45, 2.75) is 6.54 Å². The lowest BCUT2D eigenvalue weighted by Crippen LogP contribution is -2.31. The molecule has 7 heteroatoms. The number of carbonyl (C=O) groups is 1. The van der Waals surface area contributed by atoms with E-state index in [1.807, 2.05) is 66.2 Å². The van der Waals surface area contributed by atoms with Crippen LogP contribution in [0.5, 0.6) is 5.75 Å². The van der Waals surface area contributed by atoms with E-state index in [9.17, 15) is 9.59 Å². The van der Waals surface area contributed by atoms with Crippen LogP contribution in [0.25, 0.3) is 27.5 Å². The number of ether oxygens (including phenoxy) is 1. The predicted octanol–water partition coefficient (Wildman–Crippen LogP) is 4.16. The van der Waals surface area contributed by atoms with Crippen molar-refractivity contribution < 1.29 is 9.53 Å². The average Bonchev–Trinajstić information content (AvgIpc) is 3.18. The number of fused-ring (bicyclic) bond motifs is 3. The van der Waals surface area contributed by atoms with Crippen LogP contribution < -0.4 is 10.3 Å². The number of amides is 1. The molecule has 7 nitrogen and oxygen atoms in total. The van der Waals surface area contributed by atoms with Crippen molar-refractivity contribution in [2.24, 2.45) is 7.05 Å². The number of benzene rings is 3. The number of methoxy groups -OCH3 is 1. The molecule has 0 fully saturated rings. The first kappa shape index (κ1) is 21.5. The van der Waals surface area contributed by atoms with Crippen molar-refractivity contribution >= 4 is 27.7 Å². The molecule has 0 spiro atoms. The summed E-state index contributed by atoms with van der Waals surface area (Å²) in [6.45, 7) is 0.426. The molecule has 0 N–H and O–H groups in total. The van der Waals surface area contributed by atoms with Crippen molar-refractivity contribution in [3.05, 3.63) is 100 Å². The molecule has 0 radical (unpaired) electrons. The van der Waals surface area contributed by atoms with E-state index in [2.05, 4.69) is 5.10 Å². The number of nitrogens with zero attached hydrogens (tertiary/aromatic N) is 4. The van der Waals surface area contributed by atoms with Crippen LogP contribution >= 0.6 is 0 Å². The molecule has 0 saturated heterocycles. The molecule has 0 unspecified atom stereocenters. The predicted molar refractivity (Wildman–Crippen MR) is 133 cm³/mol. The number of aryl methyl sites for hydroxylation is 1. The van der Waals surface area contributed by atoms with Crippen molar-refractivity contribution in [3.8, 4) is 11.4 Å². The highest BCUT2D eigenvalue weighted by molar-refractivity contribution is 6.16. The lowest BCUT2D eigenvalue weighted by atomic mass is 10.1. The summed E-state index contributed by atoms with van der Waals surface area (Å²) in [5.41, 5.74) is 2.81. The standard InChI is InChI=1S/C27H24N4O3/c1-29(17-18-9-5-4-6-10-18)26(32)24-23-21-11-7-8-12-22(21)30(2)25(23)27(33)31(28-24)19-13-15-20(34-3)16-14-19/h4-16H,17H2,1-3H3. The van der Waals surface area contributed by atoms with E-state index in [4.69, 9.17) is 4.74 Å². The van der Waals surface area contributed by atoms with Gasteiger partial charge in [0, 0.05) is 36.9 Å². The molecule has 5 rings (SSSR count). The Bertz CT molecular complexity index is 1570. The Morgan fingerprint density at radius 3 is 2.35 bits per heavy atom. The van der Waals surface area contributed by atoms with Gasteiger partial charge in [-0.3, -0.25) is 9.59 Å². The van der Waals surface area contributed by atoms with Gasteiger partial charge in [0.1, 0.15) is 11.3 Å². The first-order valence-corrected chi connectivity index (χ1v) is 10.9. The van der Waals surface area contributed by atoms with Crippen LogP contribution in [-0.4, -0.2) is 39.3 Å². The third-order valence-electron chi connectivity index (χ3n) is 6.07. The van der Waals surface area contributed by atoms with Gasteiger partial charge in [0.25, 0.3) is 11.5 Å². The van der Waals surface area contributed by atoms with Crippen LogP contribution in [0.15, 0.2) is 83.7 Å². The van der Waals surface area contributed by atoms with Gasteiger partial charge in [0.15, 0.2) is 5.69 Å². The Balaban J connectivity index is 1.75. The largest absolute Gasteiger partial charge is 0.497 e. The fraction of sp³-hybridized carbons (Fsp3) is 0.148. The Morgan fingerprint density at radius 1 is 0.971 bits per heavy atom. The Kier molecular flexibility index (Phi) is 5.37. The van der Waals surface area contributed by atoms with E-state index in [1.165, 1.54) is 4.68 Å². The van der Waals surface area contributed by atoms with Gasteiger partial charge in [-0.25, -0.2) is 0 Å². The van der Waals surface area contributed by atoms with Crippen LogP contribution in [0.3, 0.4) is 0 Å².